The van der Waals surface area contributed by atoms with Crippen molar-refractivity contribution in [1.29, 1.82) is 0 Å². The Hall–Kier alpha value is -0.820. The van der Waals surface area contributed by atoms with Crippen molar-refractivity contribution in [3.05, 3.63) is 34.9 Å². The topological polar surface area (TPSA) is 39.7 Å². The second-order valence-electron chi connectivity index (χ2n) is 6.14. The van der Waals surface area contributed by atoms with E-state index >= 15 is 0 Å². The number of hydrogen-bond donors (Lipinski definition) is 2. The van der Waals surface area contributed by atoms with Gasteiger partial charge in [-0.15, -0.1) is 24.0 Å². The van der Waals surface area contributed by atoms with Crippen LogP contribution in [0.3, 0.4) is 0 Å². The molecule has 0 bridgehead atoms. The number of nitrogens with zero attached hydrogens (tertiary/aromatic N) is 2. The molecule has 0 aromatic heterocycles. The van der Waals surface area contributed by atoms with Gasteiger partial charge in [0.2, 0.25) is 0 Å². The van der Waals surface area contributed by atoms with Gasteiger partial charge in [0.1, 0.15) is 0 Å². The van der Waals surface area contributed by atoms with Crippen LogP contribution < -0.4 is 10.6 Å². The lowest BCUT2D eigenvalue weighted by atomic mass is 10.1. The molecule has 2 N–H and O–H groups in total. The van der Waals surface area contributed by atoms with Crippen molar-refractivity contribution in [3.63, 3.8) is 0 Å². The zero-order chi connectivity index (χ0) is 15.9. The third-order valence-corrected chi connectivity index (χ3v) is 4.33. The molecule has 2 rings (SSSR count). The number of benzene rings is 1. The molecule has 0 saturated heterocycles. The van der Waals surface area contributed by atoms with E-state index in [4.69, 9.17) is 0 Å². The zero-order valence-corrected chi connectivity index (χ0v) is 17.2. The predicted molar refractivity (Wildman–Crippen MR) is 110 cm³/mol. The molecule has 1 fully saturated rings. The number of aliphatic imine (C=N–C) groups is 1. The lowest BCUT2D eigenvalue weighted by molar-refractivity contribution is 0.282. The minimum Gasteiger partial charge on any atom is -0.355 e. The molecule has 0 unspecified atom stereocenters. The molecule has 1 aromatic rings. The lowest BCUT2D eigenvalue weighted by Gasteiger charge is -2.21. The third kappa shape index (κ3) is 6.67. The van der Waals surface area contributed by atoms with E-state index in [1.54, 1.807) is 0 Å². The molecule has 0 aliphatic heterocycles. The van der Waals surface area contributed by atoms with Crippen LogP contribution in [0.15, 0.2) is 23.2 Å². The molecule has 130 valence electrons. The monoisotopic (exact) mass is 430 g/mol. The molecule has 5 heteroatoms. The van der Waals surface area contributed by atoms with E-state index in [0.717, 1.165) is 38.2 Å². The van der Waals surface area contributed by atoms with Crippen molar-refractivity contribution in [2.45, 2.75) is 46.2 Å². The number of guanidine groups is 1. The van der Waals surface area contributed by atoms with Gasteiger partial charge in [-0.25, -0.2) is 0 Å². The molecular weight excluding hydrogens is 399 g/mol. The van der Waals surface area contributed by atoms with Crippen molar-refractivity contribution in [2.24, 2.45) is 4.99 Å². The van der Waals surface area contributed by atoms with Gasteiger partial charge in [0, 0.05) is 32.7 Å². The fourth-order valence-corrected chi connectivity index (χ4v) is 2.80. The van der Waals surface area contributed by atoms with Gasteiger partial charge in [-0.1, -0.05) is 30.7 Å². The van der Waals surface area contributed by atoms with Crippen molar-refractivity contribution < 1.29 is 0 Å². The van der Waals surface area contributed by atoms with E-state index < -0.39 is 0 Å². The molecule has 1 aliphatic carbocycles. The van der Waals surface area contributed by atoms with Crippen molar-refractivity contribution in [3.8, 4) is 0 Å². The van der Waals surface area contributed by atoms with Gasteiger partial charge in [-0.05, 0) is 44.4 Å². The van der Waals surface area contributed by atoms with Crippen molar-refractivity contribution in [2.75, 3.05) is 26.7 Å². The van der Waals surface area contributed by atoms with Crippen LogP contribution in [0, 0.1) is 13.8 Å². The first kappa shape index (κ1) is 20.2. The van der Waals surface area contributed by atoms with E-state index in [2.05, 4.69) is 59.5 Å². The minimum atomic E-state index is 0. The Bertz CT molecular complexity index is 512. The Morgan fingerprint density at radius 1 is 1.26 bits per heavy atom. The van der Waals surface area contributed by atoms with E-state index in [1.807, 2.05) is 7.05 Å². The Labute approximate surface area is 158 Å². The lowest BCUT2D eigenvalue weighted by Crippen LogP contribution is -2.41. The molecule has 0 heterocycles. The smallest absolute Gasteiger partial charge is 0.191 e. The summed E-state index contributed by atoms with van der Waals surface area (Å²) in [5, 5.41) is 6.82. The van der Waals surface area contributed by atoms with Crippen LogP contribution in [0.4, 0.5) is 0 Å². The highest BCUT2D eigenvalue weighted by Gasteiger charge is 2.27. The first-order valence-electron chi connectivity index (χ1n) is 8.38. The van der Waals surface area contributed by atoms with E-state index in [0.29, 0.717) is 0 Å². The quantitative estimate of drug-likeness (QED) is 0.397. The van der Waals surface area contributed by atoms with Crippen LogP contribution in [0.1, 0.15) is 36.5 Å². The first-order valence-corrected chi connectivity index (χ1v) is 8.38. The average Bonchev–Trinajstić information content (AvgIpc) is 3.33. The van der Waals surface area contributed by atoms with Crippen LogP contribution in [-0.2, 0) is 6.54 Å². The van der Waals surface area contributed by atoms with Crippen LogP contribution in [-0.4, -0.2) is 43.6 Å². The second kappa shape index (κ2) is 10.1. The molecular formula is C18H31IN4. The maximum atomic E-state index is 4.31. The Morgan fingerprint density at radius 2 is 2.00 bits per heavy atom. The summed E-state index contributed by atoms with van der Waals surface area (Å²) >= 11 is 0. The summed E-state index contributed by atoms with van der Waals surface area (Å²) in [5.41, 5.74) is 3.96. The highest BCUT2D eigenvalue weighted by molar-refractivity contribution is 14.0. The fourth-order valence-electron chi connectivity index (χ4n) is 2.80. The highest BCUT2D eigenvalue weighted by atomic mass is 127. The van der Waals surface area contributed by atoms with Gasteiger partial charge in [0.05, 0.1) is 0 Å². The van der Waals surface area contributed by atoms with Crippen LogP contribution in [0.25, 0.3) is 0 Å². The molecule has 1 aliphatic rings. The number of rotatable bonds is 7. The Balaban J connectivity index is 0.00000264. The number of aryl methyl sites for hydroxylation is 2. The van der Waals surface area contributed by atoms with Gasteiger partial charge in [-0.2, -0.15) is 0 Å². The highest BCUT2D eigenvalue weighted by Crippen LogP contribution is 2.25. The number of hydrogen-bond acceptors (Lipinski definition) is 2. The maximum Gasteiger partial charge on any atom is 0.191 e. The Morgan fingerprint density at radius 3 is 2.57 bits per heavy atom. The summed E-state index contributed by atoms with van der Waals surface area (Å²) in [5.74, 6) is 0.881. The number of halogens is 1. The molecule has 1 aromatic carbocycles. The Kier molecular flexibility index (Phi) is 8.91. The van der Waals surface area contributed by atoms with E-state index in [1.165, 1.54) is 29.5 Å². The van der Waals surface area contributed by atoms with E-state index in [9.17, 15) is 0 Å². The van der Waals surface area contributed by atoms with Crippen molar-refractivity contribution in [1.82, 2.24) is 15.5 Å². The van der Waals surface area contributed by atoms with Crippen LogP contribution >= 0.6 is 24.0 Å². The standard InChI is InChI=1S/C18H30N4.HI/c1-5-22(17-8-9-17)11-10-20-18(19-4)21-13-16-7-6-14(2)12-15(16)3;/h6-7,12,17H,5,8-11,13H2,1-4H3,(H2,19,20,21);1H. The summed E-state index contributed by atoms with van der Waals surface area (Å²) < 4.78 is 0. The summed E-state index contributed by atoms with van der Waals surface area (Å²) in [4.78, 5) is 6.86. The van der Waals surface area contributed by atoms with Gasteiger partial charge in [0.25, 0.3) is 0 Å². The molecule has 4 nitrogen and oxygen atoms in total. The summed E-state index contributed by atoms with van der Waals surface area (Å²) in [7, 11) is 1.83. The summed E-state index contributed by atoms with van der Waals surface area (Å²) in [6, 6.07) is 7.41. The second-order valence-corrected chi connectivity index (χ2v) is 6.14. The molecule has 0 atom stereocenters. The molecule has 0 spiro atoms. The summed E-state index contributed by atoms with van der Waals surface area (Å²) in [6.45, 7) is 10.5. The van der Waals surface area contributed by atoms with Crippen molar-refractivity contribution >= 4 is 29.9 Å². The normalized spacial score (nSPS) is 14.6. The fraction of sp³-hybridized carbons (Fsp3) is 0.611. The number of likely N-dealkylation sites (N-methyl/N-ethyl adjacent to an activating group) is 1. The molecule has 0 amide bonds. The number of nitrogens with one attached hydrogen (secondary N) is 2. The van der Waals surface area contributed by atoms with Gasteiger partial charge >= 0.3 is 0 Å². The largest absolute Gasteiger partial charge is 0.355 e. The third-order valence-electron chi connectivity index (χ3n) is 4.33. The maximum absolute atomic E-state index is 4.31. The summed E-state index contributed by atoms with van der Waals surface area (Å²) in [6.07, 6.45) is 2.74. The average molecular weight is 430 g/mol. The van der Waals surface area contributed by atoms with Gasteiger partial charge < -0.3 is 10.6 Å². The van der Waals surface area contributed by atoms with Crippen LogP contribution in [0.5, 0.6) is 0 Å². The van der Waals surface area contributed by atoms with Gasteiger partial charge in [-0.3, -0.25) is 9.89 Å². The van der Waals surface area contributed by atoms with Gasteiger partial charge in [0.15, 0.2) is 5.96 Å². The first-order chi connectivity index (χ1) is 10.6. The minimum absolute atomic E-state index is 0. The zero-order valence-electron chi connectivity index (χ0n) is 14.9. The van der Waals surface area contributed by atoms with Crippen LogP contribution in [0.2, 0.25) is 0 Å². The van der Waals surface area contributed by atoms with E-state index in [-0.39, 0.29) is 24.0 Å². The SMILES string of the molecule is CCN(CCNC(=NC)NCc1ccc(C)cc1C)C1CC1.I. The molecule has 1 saturated carbocycles. The molecule has 23 heavy (non-hydrogen) atoms. The molecule has 0 radical (unpaired) electrons. The predicted octanol–water partition coefficient (Wildman–Crippen LogP) is 3.07.